The Morgan fingerprint density at radius 1 is 1.33 bits per heavy atom. The Kier molecular flexibility index (Phi) is 2.73. The number of carboxylic acids is 1. The highest BCUT2D eigenvalue weighted by molar-refractivity contribution is 5.67. The average molecular weight is 206 g/mol. The molecule has 1 fully saturated rings. The van der Waals surface area contributed by atoms with Crippen LogP contribution in [0.5, 0.6) is 0 Å². The maximum Gasteiger partial charge on any atom is 0.306 e. The van der Waals surface area contributed by atoms with E-state index in [0.29, 0.717) is 11.5 Å². The van der Waals surface area contributed by atoms with Crippen molar-refractivity contribution in [3.63, 3.8) is 0 Å². The van der Waals surface area contributed by atoms with Crippen LogP contribution < -0.4 is 0 Å². The van der Waals surface area contributed by atoms with Crippen LogP contribution in [0.1, 0.15) is 42.4 Å². The summed E-state index contributed by atoms with van der Waals surface area (Å²) in [6.45, 7) is 0. The summed E-state index contributed by atoms with van der Waals surface area (Å²) in [7, 11) is 0. The molecule has 2 rings (SSSR count). The lowest BCUT2D eigenvalue weighted by molar-refractivity contribution is -0.139. The van der Waals surface area contributed by atoms with E-state index in [4.69, 9.17) is 5.11 Å². The highest BCUT2D eigenvalue weighted by Crippen LogP contribution is 2.40. The van der Waals surface area contributed by atoms with Gasteiger partial charge >= 0.3 is 5.97 Å². The zero-order chi connectivity index (χ0) is 10.8. The number of hydrogen-bond acceptors (Lipinski definition) is 2. The summed E-state index contributed by atoms with van der Waals surface area (Å²) in [4.78, 5) is 10.4. The molecule has 1 saturated carbocycles. The van der Waals surface area contributed by atoms with E-state index in [0.717, 1.165) is 0 Å². The summed E-state index contributed by atoms with van der Waals surface area (Å²) in [5.41, 5.74) is 1.98. The van der Waals surface area contributed by atoms with Crippen molar-refractivity contribution in [1.82, 2.24) is 0 Å². The average Bonchev–Trinajstić information content (AvgIpc) is 3.00. The maximum absolute atomic E-state index is 10.4. The predicted octanol–water partition coefficient (Wildman–Crippen LogP) is 2.07. The van der Waals surface area contributed by atoms with Crippen LogP contribution >= 0.6 is 0 Å². The number of aliphatic hydroxyl groups is 1. The number of aliphatic hydroxyl groups excluding tert-OH is 1. The van der Waals surface area contributed by atoms with Gasteiger partial charge in [0.25, 0.3) is 0 Å². The SMILES string of the molecule is O=C(O)C[C@H](O)c1ccc(C2CC2)cc1. The summed E-state index contributed by atoms with van der Waals surface area (Å²) >= 11 is 0. The molecule has 15 heavy (non-hydrogen) atoms. The van der Waals surface area contributed by atoms with Gasteiger partial charge in [-0.2, -0.15) is 0 Å². The molecule has 1 aromatic rings. The number of hydrogen-bond donors (Lipinski definition) is 2. The Morgan fingerprint density at radius 2 is 1.93 bits per heavy atom. The first-order valence-corrected chi connectivity index (χ1v) is 5.16. The third-order valence-corrected chi connectivity index (χ3v) is 2.74. The largest absolute Gasteiger partial charge is 0.481 e. The summed E-state index contributed by atoms with van der Waals surface area (Å²) in [5.74, 6) is -0.288. The maximum atomic E-state index is 10.4. The molecule has 0 heterocycles. The normalized spacial score (nSPS) is 17.4. The molecule has 1 atom stereocenters. The fourth-order valence-corrected chi connectivity index (χ4v) is 1.69. The molecular weight excluding hydrogens is 192 g/mol. The van der Waals surface area contributed by atoms with Crippen LogP contribution in [0.4, 0.5) is 0 Å². The molecule has 3 nitrogen and oxygen atoms in total. The van der Waals surface area contributed by atoms with Crippen LogP contribution in [0.2, 0.25) is 0 Å². The predicted molar refractivity (Wildman–Crippen MR) is 55.6 cm³/mol. The Morgan fingerprint density at radius 3 is 2.40 bits per heavy atom. The Labute approximate surface area is 88.4 Å². The highest BCUT2D eigenvalue weighted by atomic mass is 16.4. The van der Waals surface area contributed by atoms with Crippen molar-refractivity contribution in [2.75, 3.05) is 0 Å². The van der Waals surface area contributed by atoms with Gasteiger partial charge in [0.15, 0.2) is 0 Å². The van der Waals surface area contributed by atoms with Crippen LogP contribution in [0.3, 0.4) is 0 Å². The van der Waals surface area contributed by atoms with Crippen molar-refractivity contribution in [2.45, 2.75) is 31.3 Å². The van der Waals surface area contributed by atoms with E-state index in [-0.39, 0.29) is 6.42 Å². The lowest BCUT2D eigenvalue weighted by atomic mass is 10.0. The van der Waals surface area contributed by atoms with Crippen LogP contribution in [0, 0.1) is 0 Å². The van der Waals surface area contributed by atoms with Crippen molar-refractivity contribution in [1.29, 1.82) is 0 Å². The third-order valence-electron chi connectivity index (χ3n) is 2.74. The van der Waals surface area contributed by atoms with Crippen LogP contribution in [-0.2, 0) is 4.79 Å². The van der Waals surface area contributed by atoms with Crippen molar-refractivity contribution in [3.8, 4) is 0 Å². The molecule has 1 aromatic carbocycles. The minimum Gasteiger partial charge on any atom is -0.481 e. The van der Waals surface area contributed by atoms with Crippen molar-refractivity contribution in [3.05, 3.63) is 35.4 Å². The molecule has 1 aliphatic rings. The number of carbonyl (C=O) groups is 1. The molecule has 3 heteroatoms. The molecule has 0 aliphatic heterocycles. The number of rotatable bonds is 4. The van der Waals surface area contributed by atoms with Crippen molar-refractivity contribution >= 4 is 5.97 Å². The van der Waals surface area contributed by atoms with E-state index in [9.17, 15) is 9.90 Å². The van der Waals surface area contributed by atoms with Gasteiger partial charge in [0, 0.05) is 0 Å². The molecule has 1 aliphatic carbocycles. The van der Waals surface area contributed by atoms with Crippen LogP contribution in [0.25, 0.3) is 0 Å². The molecule has 80 valence electrons. The van der Waals surface area contributed by atoms with E-state index < -0.39 is 12.1 Å². The van der Waals surface area contributed by atoms with E-state index in [1.165, 1.54) is 18.4 Å². The van der Waals surface area contributed by atoms with E-state index in [1.807, 2.05) is 24.3 Å². The van der Waals surface area contributed by atoms with Gasteiger partial charge in [0.2, 0.25) is 0 Å². The van der Waals surface area contributed by atoms with Crippen LogP contribution in [0.15, 0.2) is 24.3 Å². The molecule has 2 N–H and O–H groups in total. The van der Waals surface area contributed by atoms with Gasteiger partial charge in [0.05, 0.1) is 12.5 Å². The Balaban J connectivity index is 2.05. The van der Waals surface area contributed by atoms with Gasteiger partial charge in [-0.25, -0.2) is 0 Å². The molecule has 0 bridgehead atoms. The summed E-state index contributed by atoms with van der Waals surface area (Å²) in [6, 6.07) is 7.61. The topological polar surface area (TPSA) is 57.5 Å². The van der Waals surface area contributed by atoms with Crippen molar-refractivity contribution < 1.29 is 15.0 Å². The first-order chi connectivity index (χ1) is 7.16. The molecule has 0 saturated heterocycles. The molecule has 0 aromatic heterocycles. The van der Waals surface area contributed by atoms with Gasteiger partial charge in [0.1, 0.15) is 0 Å². The second-order valence-corrected chi connectivity index (χ2v) is 4.05. The first kappa shape index (κ1) is 10.2. The fourth-order valence-electron chi connectivity index (χ4n) is 1.69. The quantitative estimate of drug-likeness (QED) is 0.792. The summed E-state index contributed by atoms with van der Waals surface area (Å²) < 4.78 is 0. The second kappa shape index (κ2) is 4.03. The molecule has 0 radical (unpaired) electrons. The third kappa shape index (κ3) is 2.57. The van der Waals surface area contributed by atoms with Gasteiger partial charge in [-0.15, -0.1) is 0 Å². The van der Waals surface area contributed by atoms with Gasteiger partial charge in [-0.3, -0.25) is 4.79 Å². The van der Waals surface area contributed by atoms with Crippen LogP contribution in [-0.4, -0.2) is 16.2 Å². The number of benzene rings is 1. The van der Waals surface area contributed by atoms with Gasteiger partial charge in [-0.1, -0.05) is 24.3 Å². The van der Waals surface area contributed by atoms with E-state index >= 15 is 0 Å². The standard InChI is InChI=1S/C12H14O3/c13-11(7-12(14)15)10-5-3-9(4-6-10)8-1-2-8/h3-6,8,11,13H,1-2,7H2,(H,14,15)/t11-/m0/s1. The smallest absolute Gasteiger partial charge is 0.306 e. The van der Waals surface area contributed by atoms with Gasteiger partial charge < -0.3 is 10.2 Å². The fraction of sp³-hybridized carbons (Fsp3) is 0.417. The minimum atomic E-state index is -0.978. The summed E-state index contributed by atoms with van der Waals surface area (Å²) in [6.07, 6.45) is 1.37. The molecule has 0 amide bonds. The summed E-state index contributed by atoms with van der Waals surface area (Å²) in [5, 5.41) is 18.1. The van der Waals surface area contributed by atoms with Crippen molar-refractivity contribution in [2.24, 2.45) is 0 Å². The zero-order valence-corrected chi connectivity index (χ0v) is 8.39. The Bertz CT molecular complexity index is 352. The minimum absolute atomic E-state index is 0.233. The number of carboxylic acid groups (broad SMARTS) is 1. The number of aliphatic carboxylic acids is 1. The monoisotopic (exact) mass is 206 g/mol. The van der Waals surface area contributed by atoms with E-state index in [2.05, 4.69) is 0 Å². The zero-order valence-electron chi connectivity index (χ0n) is 8.39. The Hall–Kier alpha value is -1.35. The second-order valence-electron chi connectivity index (χ2n) is 4.05. The molecular formula is C12H14O3. The first-order valence-electron chi connectivity index (χ1n) is 5.16. The molecule has 0 spiro atoms. The lowest BCUT2D eigenvalue weighted by Crippen LogP contribution is -2.05. The molecule has 0 unspecified atom stereocenters. The van der Waals surface area contributed by atoms with Gasteiger partial charge in [-0.05, 0) is 29.9 Å². The highest BCUT2D eigenvalue weighted by Gasteiger charge is 2.23. The lowest BCUT2D eigenvalue weighted by Gasteiger charge is -2.08. The van der Waals surface area contributed by atoms with E-state index in [1.54, 1.807) is 0 Å².